The lowest BCUT2D eigenvalue weighted by Crippen LogP contribution is -1.93. The van der Waals surface area contributed by atoms with E-state index in [2.05, 4.69) is 95.6 Å². The van der Waals surface area contributed by atoms with Crippen LogP contribution in [0.4, 0.5) is 0 Å². The molecule has 0 spiro atoms. The molecule has 31 heavy (non-hydrogen) atoms. The molecule has 0 N–H and O–H groups in total. The minimum atomic E-state index is 0.783. The maximum absolute atomic E-state index is 6.27. The van der Waals surface area contributed by atoms with Gasteiger partial charge in [0.1, 0.15) is 0 Å². The summed E-state index contributed by atoms with van der Waals surface area (Å²) in [5, 5.41) is 8.38. The van der Waals surface area contributed by atoms with Crippen molar-refractivity contribution in [1.29, 1.82) is 0 Å². The SMILES string of the molecule is Clc1ccc2sc3cc(-n4c5ccccc5c5cc6ccccc6cc54)ccc3c2c1. The van der Waals surface area contributed by atoms with E-state index in [1.165, 1.54) is 58.4 Å². The van der Waals surface area contributed by atoms with Gasteiger partial charge >= 0.3 is 0 Å². The van der Waals surface area contributed by atoms with E-state index < -0.39 is 0 Å². The van der Waals surface area contributed by atoms with Crippen molar-refractivity contribution in [3.63, 3.8) is 0 Å². The molecule has 0 aliphatic carbocycles. The molecule has 146 valence electrons. The molecule has 0 aliphatic rings. The van der Waals surface area contributed by atoms with Crippen molar-refractivity contribution < 1.29 is 0 Å². The molecule has 0 atom stereocenters. The number of fused-ring (bicyclic) bond motifs is 7. The smallest absolute Gasteiger partial charge is 0.0547 e. The first-order valence-electron chi connectivity index (χ1n) is 10.3. The third-order valence-corrected chi connectivity index (χ3v) is 7.58. The van der Waals surface area contributed by atoms with Gasteiger partial charge in [-0.1, -0.05) is 60.1 Å². The second kappa shape index (κ2) is 6.34. The van der Waals surface area contributed by atoms with Crippen LogP contribution in [-0.2, 0) is 0 Å². The number of halogens is 1. The van der Waals surface area contributed by atoms with Crippen LogP contribution in [0.3, 0.4) is 0 Å². The van der Waals surface area contributed by atoms with E-state index in [9.17, 15) is 0 Å². The summed E-state index contributed by atoms with van der Waals surface area (Å²) in [5.41, 5.74) is 3.66. The predicted molar refractivity (Wildman–Crippen MR) is 136 cm³/mol. The summed E-state index contributed by atoms with van der Waals surface area (Å²) in [6, 6.07) is 34.9. The van der Waals surface area contributed by atoms with Gasteiger partial charge in [-0.15, -0.1) is 11.3 Å². The van der Waals surface area contributed by atoms with Crippen molar-refractivity contribution in [2.24, 2.45) is 0 Å². The van der Waals surface area contributed by atoms with Gasteiger partial charge in [-0.2, -0.15) is 0 Å². The Morgan fingerprint density at radius 2 is 1.35 bits per heavy atom. The van der Waals surface area contributed by atoms with Gasteiger partial charge < -0.3 is 4.57 Å². The highest BCUT2D eigenvalue weighted by molar-refractivity contribution is 7.25. The van der Waals surface area contributed by atoms with Crippen LogP contribution in [0.25, 0.3) is 58.4 Å². The van der Waals surface area contributed by atoms with Crippen LogP contribution >= 0.6 is 22.9 Å². The van der Waals surface area contributed by atoms with Crippen molar-refractivity contribution in [1.82, 2.24) is 4.57 Å². The van der Waals surface area contributed by atoms with Crippen LogP contribution in [0.2, 0.25) is 5.02 Å². The number of thiophene rings is 1. The Labute approximate surface area is 187 Å². The van der Waals surface area contributed by atoms with E-state index in [4.69, 9.17) is 11.6 Å². The average molecular weight is 434 g/mol. The Balaban J connectivity index is 1.59. The van der Waals surface area contributed by atoms with Crippen molar-refractivity contribution in [3.05, 3.63) is 102 Å². The lowest BCUT2D eigenvalue weighted by atomic mass is 10.1. The minimum absolute atomic E-state index is 0.783. The Hall–Kier alpha value is -3.33. The molecule has 0 saturated carbocycles. The summed E-state index contributed by atoms with van der Waals surface area (Å²) in [6.07, 6.45) is 0. The maximum atomic E-state index is 6.27. The molecular formula is C28H16ClNS. The second-order valence-electron chi connectivity index (χ2n) is 7.99. The van der Waals surface area contributed by atoms with E-state index in [0.29, 0.717) is 0 Å². The fourth-order valence-electron chi connectivity index (χ4n) is 4.81. The first-order valence-corrected chi connectivity index (χ1v) is 11.5. The summed E-state index contributed by atoms with van der Waals surface area (Å²) in [4.78, 5) is 0. The standard InChI is InChI=1S/C28H16ClNS/c29-19-9-12-27-24(15-19)22-11-10-20(16-28(22)31-27)30-25-8-4-3-7-21(25)23-13-17-5-1-2-6-18(17)14-26(23)30/h1-16H. The topological polar surface area (TPSA) is 4.93 Å². The first-order chi connectivity index (χ1) is 15.3. The molecule has 7 aromatic rings. The molecule has 0 unspecified atom stereocenters. The maximum Gasteiger partial charge on any atom is 0.0547 e. The van der Waals surface area contributed by atoms with Gasteiger partial charge in [0.15, 0.2) is 0 Å². The third kappa shape index (κ3) is 2.49. The summed E-state index contributed by atoms with van der Waals surface area (Å²) >= 11 is 8.09. The highest BCUT2D eigenvalue weighted by Crippen LogP contribution is 2.39. The van der Waals surface area contributed by atoms with E-state index in [1.54, 1.807) is 0 Å². The van der Waals surface area contributed by atoms with Gasteiger partial charge in [-0.25, -0.2) is 0 Å². The zero-order chi connectivity index (χ0) is 20.5. The highest BCUT2D eigenvalue weighted by Gasteiger charge is 2.14. The van der Waals surface area contributed by atoms with Crippen LogP contribution in [0.1, 0.15) is 0 Å². The van der Waals surface area contributed by atoms with Crippen LogP contribution in [-0.4, -0.2) is 4.57 Å². The summed E-state index contributed by atoms with van der Waals surface area (Å²) < 4.78 is 4.94. The predicted octanol–water partition coefficient (Wildman–Crippen LogP) is 8.96. The number of benzene rings is 5. The first kappa shape index (κ1) is 17.4. The number of hydrogen-bond acceptors (Lipinski definition) is 1. The summed E-state index contributed by atoms with van der Waals surface area (Å²) in [6.45, 7) is 0. The van der Waals surface area contributed by atoms with Crippen LogP contribution in [0.15, 0.2) is 97.1 Å². The molecule has 2 aromatic heterocycles. The van der Waals surface area contributed by atoms with E-state index in [-0.39, 0.29) is 0 Å². The van der Waals surface area contributed by atoms with Gasteiger partial charge in [-0.3, -0.25) is 0 Å². The zero-order valence-corrected chi connectivity index (χ0v) is 18.0. The molecule has 0 fully saturated rings. The third-order valence-electron chi connectivity index (χ3n) is 6.22. The Morgan fingerprint density at radius 1 is 0.548 bits per heavy atom. The molecule has 0 amide bonds. The molecule has 0 aliphatic heterocycles. The molecular weight excluding hydrogens is 418 g/mol. The van der Waals surface area contributed by atoms with Crippen LogP contribution in [0, 0.1) is 0 Å². The molecule has 0 bridgehead atoms. The number of rotatable bonds is 1. The molecule has 5 aromatic carbocycles. The zero-order valence-electron chi connectivity index (χ0n) is 16.5. The van der Waals surface area contributed by atoms with Gasteiger partial charge in [-0.05, 0) is 59.3 Å². The van der Waals surface area contributed by atoms with Crippen LogP contribution in [0.5, 0.6) is 0 Å². The van der Waals surface area contributed by atoms with E-state index in [0.717, 1.165) is 5.02 Å². The Bertz CT molecular complexity index is 1810. The molecule has 2 heterocycles. The number of para-hydroxylation sites is 1. The summed E-state index contributed by atoms with van der Waals surface area (Å²) in [5.74, 6) is 0. The monoisotopic (exact) mass is 433 g/mol. The number of aromatic nitrogens is 1. The largest absolute Gasteiger partial charge is 0.309 e. The Morgan fingerprint density at radius 3 is 2.26 bits per heavy atom. The van der Waals surface area contributed by atoms with Crippen molar-refractivity contribution in [2.45, 2.75) is 0 Å². The van der Waals surface area contributed by atoms with Crippen molar-refractivity contribution in [2.75, 3.05) is 0 Å². The average Bonchev–Trinajstić information content (AvgIpc) is 3.32. The van der Waals surface area contributed by atoms with E-state index in [1.807, 2.05) is 17.4 Å². The second-order valence-corrected chi connectivity index (χ2v) is 9.51. The van der Waals surface area contributed by atoms with E-state index >= 15 is 0 Å². The molecule has 3 heteroatoms. The Kier molecular flexibility index (Phi) is 3.55. The summed E-state index contributed by atoms with van der Waals surface area (Å²) in [7, 11) is 0. The lowest BCUT2D eigenvalue weighted by molar-refractivity contribution is 1.19. The molecule has 7 rings (SSSR count). The van der Waals surface area contributed by atoms with Gasteiger partial charge in [0.25, 0.3) is 0 Å². The van der Waals surface area contributed by atoms with Gasteiger partial charge in [0.05, 0.1) is 11.0 Å². The number of hydrogen-bond donors (Lipinski definition) is 0. The molecule has 0 saturated heterocycles. The number of nitrogens with zero attached hydrogens (tertiary/aromatic N) is 1. The highest BCUT2D eigenvalue weighted by atomic mass is 35.5. The fourth-order valence-corrected chi connectivity index (χ4v) is 6.10. The fraction of sp³-hybridized carbons (Fsp3) is 0. The van der Waals surface area contributed by atoms with Crippen LogP contribution < -0.4 is 0 Å². The van der Waals surface area contributed by atoms with Gasteiger partial charge in [0.2, 0.25) is 0 Å². The molecule has 1 nitrogen and oxygen atoms in total. The van der Waals surface area contributed by atoms with Crippen molar-refractivity contribution in [3.8, 4) is 5.69 Å². The van der Waals surface area contributed by atoms with Crippen molar-refractivity contribution >= 4 is 75.7 Å². The molecule has 0 radical (unpaired) electrons. The quantitative estimate of drug-likeness (QED) is 0.243. The normalized spacial score (nSPS) is 12.0. The lowest BCUT2D eigenvalue weighted by Gasteiger charge is -2.09. The minimum Gasteiger partial charge on any atom is -0.309 e. The van der Waals surface area contributed by atoms with Gasteiger partial charge in [0, 0.05) is 41.7 Å².